The highest BCUT2D eigenvalue weighted by Crippen LogP contribution is 2.29. The van der Waals surface area contributed by atoms with E-state index in [-0.39, 0.29) is 15.8 Å². The van der Waals surface area contributed by atoms with Crippen LogP contribution >= 0.6 is 11.3 Å². The molecule has 0 radical (unpaired) electrons. The summed E-state index contributed by atoms with van der Waals surface area (Å²) < 4.78 is 33.0. The van der Waals surface area contributed by atoms with Gasteiger partial charge < -0.3 is 4.74 Å². The van der Waals surface area contributed by atoms with Crippen molar-refractivity contribution in [1.29, 1.82) is 0 Å². The number of ether oxygens (including phenoxy) is 1. The van der Waals surface area contributed by atoms with E-state index in [0.717, 1.165) is 11.3 Å². The maximum atomic E-state index is 12.5. The average molecular weight is 333 g/mol. The molecule has 1 heterocycles. The minimum atomic E-state index is -3.80. The number of nitrogens with one attached hydrogen (secondary N) is 1. The Morgan fingerprint density at radius 1 is 1.00 bits per heavy atom. The van der Waals surface area contributed by atoms with E-state index >= 15 is 0 Å². The summed E-state index contributed by atoms with van der Waals surface area (Å²) in [4.78, 5) is 0.0362. The lowest BCUT2D eigenvalue weighted by molar-refractivity contribution is 0.468. The molecular weight excluding hydrogens is 322 g/mol. The van der Waals surface area contributed by atoms with E-state index in [1.165, 1.54) is 11.6 Å². The van der Waals surface area contributed by atoms with Crippen molar-refractivity contribution in [2.24, 2.45) is 0 Å². The fourth-order valence-corrected chi connectivity index (χ4v) is 3.58. The largest absolute Gasteiger partial charge is 0.456 e. The van der Waals surface area contributed by atoms with Crippen LogP contribution < -0.4 is 9.46 Å². The third-order valence-corrected chi connectivity index (χ3v) is 4.81. The lowest BCUT2D eigenvalue weighted by Gasteiger charge is -2.11. The SMILES string of the molecule is O=S(=O)(Nc1nncs1)c1ccccc1Oc1ccccc1. The molecule has 0 aliphatic rings. The first kappa shape index (κ1) is 14.5. The number of benzene rings is 2. The zero-order chi connectivity index (χ0) is 15.4. The van der Waals surface area contributed by atoms with Crippen LogP contribution in [0.4, 0.5) is 5.13 Å². The second-order valence-electron chi connectivity index (χ2n) is 4.21. The number of hydrogen-bond acceptors (Lipinski definition) is 6. The van der Waals surface area contributed by atoms with Crippen LogP contribution in [0.3, 0.4) is 0 Å². The predicted molar refractivity (Wildman–Crippen MR) is 83.7 cm³/mol. The van der Waals surface area contributed by atoms with Gasteiger partial charge in [0.2, 0.25) is 5.13 Å². The number of anilines is 1. The summed E-state index contributed by atoms with van der Waals surface area (Å²) in [5.74, 6) is 0.798. The number of aromatic nitrogens is 2. The molecule has 0 spiro atoms. The van der Waals surface area contributed by atoms with Crippen molar-refractivity contribution in [3.05, 3.63) is 60.1 Å². The van der Waals surface area contributed by atoms with Crippen molar-refractivity contribution < 1.29 is 13.2 Å². The molecule has 22 heavy (non-hydrogen) atoms. The molecule has 1 aromatic heterocycles. The Labute approximate surface area is 131 Å². The zero-order valence-electron chi connectivity index (χ0n) is 11.2. The molecular formula is C14H11N3O3S2. The first-order valence-corrected chi connectivity index (χ1v) is 8.62. The summed E-state index contributed by atoms with van der Waals surface area (Å²) in [7, 11) is -3.80. The average Bonchev–Trinajstić information content (AvgIpc) is 3.01. The smallest absolute Gasteiger partial charge is 0.267 e. The van der Waals surface area contributed by atoms with Gasteiger partial charge in [-0.15, -0.1) is 10.2 Å². The van der Waals surface area contributed by atoms with E-state index < -0.39 is 10.0 Å². The third kappa shape index (κ3) is 3.23. The molecule has 0 saturated heterocycles. The Morgan fingerprint density at radius 3 is 2.45 bits per heavy atom. The highest BCUT2D eigenvalue weighted by Gasteiger charge is 2.21. The maximum absolute atomic E-state index is 12.5. The van der Waals surface area contributed by atoms with Crippen molar-refractivity contribution in [1.82, 2.24) is 10.2 Å². The molecule has 3 rings (SSSR count). The number of sulfonamides is 1. The summed E-state index contributed by atoms with van der Waals surface area (Å²) in [5, 5.41) is 7.48. The summed E-state index contributed by atoms with van der Waals surface area (Å²) in [6.07, 6.45) is 0. The highest BCUT2D eigenvalue weighted by molar-refractivity contribution is 7.93. The van der Waals surface area contributed by atoms with Gasteiger partial charge in [-0.05, 0) is 24.3 Å². The van der Waals surface area contributed by atoms with Gasteiger partial charge in [-0.2, -0.15) is 0 Å². The zero-order valence-corrected chi connectivity index (χ0v) is 12.8. The summed E-state index contributed by atoms with van der Waals surface area (Å²) in [6.45, 7) is 0. The van der Waals surface area contributed by atoms with E-state index in [4.69, 9.17) is 4.74 Å². The van der Waals surface area contributed by atoms with Crippen LogP contribution in [-0.2, 0) is 10.0 Å². The molecule has 0 aliphatic heterocycles. The molecule has 0 bridgehead atoms. The van der Waals surface area contributed by atoms with Gasteiger partial charge in [0.25, 0.3) is 10.0 Å². The van der Waals surface area contributed by atoms with Gasteiger partial charge in [-0.25, -0.2) is 8.42 Å². The van der Waals surface area contributed by atoms with Crippen LogP contribution in [0.25, 0.3) is 0 Å². The first-order chi connectivity index (χ1) is 10.6. The molecule has 1 N–H and O–H groups in total. The van der Waals surface area contributed by atoms with Crippen LogP contribution in [0.15, 0.2) is 65.0 Å². The third-order valence-electron chi connectivity index (χ3n) is 2.69. The van der Waals surface area contributed by atoms with Crippen molar-refractivity contribution in [2.45, 2.75) is 4.90 Å². The van der Waals surface area contributed by atoms with Crippen LogP contribution in [0.5, 0.6) is 11.5 Å². The summed E-state index contributed by atoms with van der Waals surface area (Å²) >= 11 is 1.10. The van der Waals surface area contributed by atoms with Crippen molar-refractivity contribution >= 4 is 26.5 Å². The van der Waals surface area contributed by atoms with E-state index in [1.54, 1.807) is 30.3 Å². The molecule has 0 amide bonds. The van der Waals surface area contributed by atoms with Gasteiger partial charge in [-0.1, -0.05) is 41.7 Å². The van der Waals surface area contributed by atoms with Crippen LogP contribution in [0, 0.1) is 0 Å². The minimum absolute atomic E-state index is 0.0362. The maximum Gasteiger partial charge on any atom is 0.267 e. The first-order valence-electron chi connectivity index (χ1n) is 6.26. The van der Waals surface area contributed by atoms with Crippen molar-refractivity contribution in [3.8, 4) is 11.5 Å². The van der Waals surface area contributed by atoms with Gasteiger partial charge in [0.1, 0.15) is 21.9 Å². The van der Waals surface area contributed by atoms with E-state index in [2.05, 4.69) is 14.9 Å². The topological polar surface area (TPSA) is 81.2 Å². The second-order valence-corrected chi connectivity index (χ2v) is 6.70. The lowest BCUT2D eigenvalue weighted by atomic mass is 10.3. The van der Waals surface area contributed by atoms with Gasteiger partial charge >= 0.3 is 0 Å². The molecule has 6 nitrogen and oxygen atoms in total. The number of para-hydroxylation sites is 2. The van der Waals surface area contributed by atoms with Crippen molar-refractivity contribution in [3.63, 3.8) is 0 Å². The van der Waals surface area contributed by atoms with Crippen molar-refractivity contribution in [2.75, 3.05) is 4.72 Å². The Hall–Kier alpha value is -2.45. The quantitative estimate of drug-likeness (QED) is 0.776. The molecule has 112 valence electrons. The normalized spacial score (nSPS) is 11.1. The van der Waals surface area contributed by atoms with Gasteiger partial charge in [0.05, 0.1) is 0 Å². The molecule has 3 aromatic rings. The minimum Gasteiger partial charge on any atom is -0.456 e. The molecule has 0 atom stereocenters. The molecule has 0 aliphatic carbocycles. The second kappa shape index (κ2) is 6.12. The molecule has 0 fully saturated rings. The Morgan fingerprint density at radius 2 is 1.73 bits per heavy atom. The molecule has 8 heteroatoms. The van der Waals surface area contributed by atoms with E-state index in [1.807, 2.05) is 18.2 Å². The van der Waals surface area contributed by atoms with E-state index in [9.17, 15) is 8.42 Å². The van der Waals surface area contributed by atoms with Crippen LogP contribution in [0.2, 0.25) is 0 Å². The lowest BCUT2D eigenvalue weighted by Crippen LogP contribution is -2.13. The van der Waals surface area contributed by atoms with E-state index in [0.29, 0.717) is 5.75 Å². The summed E-state index contributed by atoms with van der Waals surface area (Å²) in [5.41, 5.74) is 1.45. The van der Waals surface area contributed by atoms with Crippen LogP contribution in [0.1, 0.15) is 0 Å². The number of nitrogens with zero attached hydrogens (tertiary/aromatic N) is 2. The van der Waals surface area contributed by atoms with Crippen LogP contribution in [-0.4, -0.2) is 18.6 Å². The van der Waals surface area contributed by atoms with Gasteiger partial charge in [0.15, 0.2) is 0 Å². The fourth-order valence-electron chi connectivity index (χ4n) is 1.76. The monoisotopic (exact) mass is 333 g/mol. The predicted octanol–water partition coefficient (Wildman–Crippen LogP) is 3.13. The fraction of sp³-hybridized carbons (Fsp3) is 0. The standard InChI is InChI=1S/C14H11N3O3S2/c18-22(19,17-14-16-15-10-21-14)13-9-5-4-8-12(13)20-11-6-2-1-3-7-11/h1-10H,(H,16,17). The highest BCUT2D eigenvalue weighted by atomic mass is 32.2. The van der Waals surface area contributed by atoms with Gasteiger partial charge in [-0.3, -0.25) is 4.72 Å². The Balaban J connectivity index is 1.94. The molecule has 0 unspecified atom stereocenters. The number of hydrogen-bond donors (Lipinski definition) is 1. The Bertz CT molecular complexity index is 850. The number of rotatable bonds is 5. The Kier molecular flexibility index (Phi) is 4.03. The summed E-state index contributed by atoms with van der Waals surface area (Å²) in [6, 6.07) is 15.4. The molecule has 0 saturated carbocycles. The van der Waals surface area contributed by atoms with Gasteiger partial charge in [0, 0.05) is 0 Å². The molecule has 2 aromatic carbocycles.